The maximum absolute atomic E-state index is 7.04. The zero-order chi connectivity index (χ0) is 6.91. The van der Waals surface area contributed by atoms with E-state index in [0.29, 0.717) is 4.88 Å². The molecule has 0 atom stereocenters. The van der Waals surface area contributed by atoms with Crippen LogP contribution in [0.3, 0.4) is 0 Å². The molecule has 1 heterocycles. The summed E-state index contributed by atoms with van der Waals surface area (Å²) < 4.78 is 14.1. The standard InChI is InChI=1S/C5H7NS/c6-4-5-2-1-3-7-5/h1-3H,4,6H2/i4D2. The van der Waals surface area contributed by atoms with Crippen molar-refractivity contribution in [3.63, 3.8) is 0 Å². The van der Waals surface area contributed by atoms with Gasteiger partial charge in [-0.15, -0.1) is 11.3 Å². The molecule has 1 aromatic rings. The van der Waals surface area contributed by atoms with Crippen molar-refractivity contribution in [2.45, 2.75) is 6.50 Å². The molecule has 0 unspecified atom stereocenters. The van der Waals surface area contributed by atoms with Gasteiger partial charge in [-0.2, -0.15) is 0 Å². The van der Waals surface area contributed by atoms with E-state index in [0.717, 1.165) is 0 Å². The minimum absolute atomic E-state index is 0.572. The molecule has 0 aliphatic heterocycles. The van der Waals surface area contributed by atoms with Gasteiger partial charge in [0.2, 0.25) is 0 Å². The van der Waals surface area contributed by atoms with Gasteiger partial charge in [0.25, 0.3) is 0 Å². The zero-order valence-electron chi connectivity index (χ0n) is 5.72. The highest BCUT2D eigenvalue weighted by Crippen LogP contribution is 2.05. The van der Waals surface area contributed by atoms with Gasteiger partial charge in [-0.1, -0.05) is 6.07 Å². The number of rotatable bonds is 1. The second-order valence-electron chi connectivity index (χ2n) is 1.12. The number of nitrogens with two attached hydrogens (primary N) is 1. The van der Waals surface area contributed by atoms with Crippen LogP contribution in [-0.2, 0) is 6.50 Å². The first-order valence-corrected chi connectivity index (χ1v) is 2.81. The minimum Gasteiger partial charge on any atom is -0.326 e. The van der Waals surface area contributed by atoms with Crippen LogP contribution in [-0.4, -0.2) is 0 Å². The number of hydrogen-bond donors (Lipinski definition) is 1. The smallest absolute Gasteiger partial charge is 0.0485 e. The Morgan fingerprint density at radius 1 is 2.00 bits per heavy atom. The van der Waals surface area contributed by atoms with Gasteiger partial charge < -0.3 is 5.73 Å². The minimum atomic E-state index is -1.66. The maximum atomic E-state index is 7.04. The van der Waals surface area contributed by atoms with E-state index in [1.807, 2.05) is 0 Å². The first-order valence-electron chi connectivity index (χ1n) is 2.93. The summed E-state index contributed by atoms with van der Waals surface area (Å²) in [5.41, 5.74) is 5.14. The fourth-order valence-corrected chi connectivity index (χ4v) is 0.890. The molecule has 0 aliphatic carbocycles. The molecule has 1 aromatic heterocycles. The second-order valence-corrected chi connectivity index (χ2v) is 2.07. The van der Waals surface area contributed by atoms with Crippen molar-refractivity contribution in [1.29, 1.82) is 0 Å². The molecule has 7 heavy (non-hydrogen) atoms. The monoisotopic (exact) mass is 115 g/mol. The molecule has 0 aromatic carbocycles. The second kappa shape index (κ2) is 2.09. The third-order valence-corrected chi connectivity index (χ3v) is 1.46. The normalized spacial score (nSPS) is 15.6. The van der Waals surface area contributed by atoms with Crippen molar-refractivity contribution in [3.05, 3.63) is 22.4 Å². The molecular weight excluding hydrogens is 106 g/mol. The van der Waals surface area contributed by atoms with E-state index in [1.165, 1.54) is 11.3 Å². The third-order valence-electron chi connectivity index (χ3n) is 0.663. The lowest BCUT2D eigenvalue weighted by atomic mass is 10.5. The summed E-state index contributed by atoms with van der Waals surface area (Å²) in [7, 11) is 0. The van der Waals surface area contributed by atoms with E-state index in [4.69, 9.17) is 8.48 Å². The van der Waals surface area contributed by atoms with Gasteiger partial charge in [-0.3, -0.25) is 0 Å². The molecule has 0 radical (unpaired) electrons. The fourth-order valence-electron chi connectivity index (χ4n) is 0.361. The first kappa shape index (κ1) is 2.84. The van der Waals surface area contributed by atoms with Gasteiger partial charge in [-0.25, -0.2) is 0 Å². The number of hydrogen-bond acceptors (Lipinski definition) is 2. The Kier molecular flexibility index (Phi) is 0.851. The van der Waals surface area contributed by atoms with E-state index < -0.39 is 6.50 Å². The first-order chi connectivity index (χ1) is 4.11. The lowest BCUT2D eigenvalue weighted by molar-refractivity contribution is 1.11. The van der Waals surface area contributed by atoms with E-state index in [9.17, 15) is 0 Å². The van der Waals surface area contributed by atoms with Crippen LogP contribution in [0, 0.1) is 0 Å². The van der Waals surface area contributed by atoms with Crippen LogP contribution < -0.4 is 5.73 Å². The number of thiophene rings is 1. The van der Waals surface area contributed by atoms with Crippen molar-refractivity contribution in [1.82, 2.24) is 0 Å². The highest BCUT2D eigenvalue weighted by atomic mass is 32.1. The van der Waals surface area contributed by atoms with Crippen LogP contribution in [0.4, 0.5) is 0 Å². The average molecular weight is 115 g/mol. The van der Waals surface area contributed by atoms with Gasteiger partial charge in [-0.05, 0) is 11.4 Å². The van der Waals surface area contributed by atoms with Gasteiger partial charge in [0.15, 0.2) is 0 Å². The van der Waals surface area contributed by atoms with Crippen LogP contribution in [0.5, 0.6) is 0 Å². The average Bonchev–Trinajstić information content (AvgIpc) is 2.08. The van der Waals surface area contributed by atoms with Crippen molar-refractivity contribution < 1.29 is 2.74 Å². The summed E-state index contributed by atoms with van der Waals surface area (Å²) in [5.74, 6) is 0. The van der Waals surface area contributed by atoms with Gasteiger partial charge in [0.1, 0.15) is 0 Å². The van der Waals surface area contributed by atoms with Crippen molar-refractivity contribution in [2.75, 3.05) is 0 Å². The van der Waals surface area contributed by atoms with Crippen molar-refractivity contribution >= 4 is 11.3 Å². The molecule has 1 nitrogen and oxygen atoms in total. The summed E-state index contributed by atoms with van der Waals surface area (Å²) in [5, 5.41) is 1.81. The molecule has 0 amide bonds. The third kappa shape index (κ3) is 1.01. The Morgan fingerprint density at radius 3 is 3.14 bits per heavy atom. The van der Waals surface area contributed by atoms with Crippen molar-refractivity contribution in [2.24, 2.45) is 5.73 Å². The zero-order valence-corrected chi connectivity index (χ0v) is 4.53. The topological polar surface area (TPSA) is 26.0 Å². The molecule has 0 fully saturated rings. The van der Waals surface area contributed by atoms with E-state index in [1.54, 1.807) is 17.5 Å². The molecular formula is C5H7NS. The quantitative estimate of drug-likeness (QED) is 0.585. The molecule has 2 N–H and O–H groups in total. The van der Waals surface area contributed by atoms with E-state index in [2.05, 4.69) is 0 Å². The summed E-state index contributed by atoms with van der Waals surface area (Å²) in [4.78, 5) is 0.572. The highest BCUT2D eigenvalue weighted by molar-refractivity contribution is 7.09. The highest BCUT2D eigenvalue weighted by Gasteiger charge is 1.82. The SMILES string of the molecule is [2H]C([2H])(N)c1cccs1. The van der Waals surface area contributed by atoms with Crippen molar-refractivity contribution in [3.8, 4) is 0 Å². The maximum Gasteiger partial charge on any atom is 0.0485 e. The molecule has 2 heteroatoms. The van der Waals surface area contributed by atoms with Gasteiger partial charge in [0.05, 0.1) is 0 Å². The molecule has 38 valence electrons. The fraction of sp³-hybridized carbons (Fsp3) is 0.200. The van der Waals surface area contributed by atoms with Crippen LogP contribution >= 0.6 is 11.3 Å². The van der Waals surface area contributed by atoms with Crippen LogP contribution in [0.2, 0.25) is 0 Å². The van der Waals surface area contributed by atoms with Gasteiger partial charge >= 0.3 is 0 Å². The molecule has 0 spiro atoms. The molecule has 0 saturated heterocycles. The molecule has 0 bridgehead atoms. The van der Waals surface area contributed by atoms with Crippen LogP contribution in [0.15, 0.2) is 17.5 Å². The molecule has 0 saturated carbocycles. The summed E-state index contributed by atoms with van der Waals surface area (Å²) in [6.45, 7) is -1.66. The predicted molar refractivity (Wildman–Crippen MR) is 32.2 cm³/mol. The molecule has 0 aliphatic rings. The predicted octanol–water partition coefficient (Wildman–Crippen LogP) is 1.21. The lowest BCUT2D eigenvalue weighted by Crippen LogP contribution is -1.90. The Morgan fingerprint density at radius 2 is 2.86 bits per heavy atom. The summed E-state index contributed by atoms with van der Waals surface area (Å²) >= 11 is 1.33. The lowest BCUT2D eigenvalue weighted by Gasteiger charge is -1.79. The Bertz CT molecular complexity index is 177. The Labute approximate surface area is 49.6 Å². The Hall–Kier alpha value is -0.340. The van der Waals surface area contributed by atoms with Crippen LogP contribution in [0.1, 0.15) is 7.62 Å². The molecule has 1 rings (SSSR count). The Balaban J connectivity index is 2.90. The van der Waals surface area contributed by atoms with Gasteiger partial charge in [0, 0.05) is 14.1 Å². The summed E-state index contributed by atoms with van der Waals surface area (Å²) in [6.07, 6.45) is 0. The van der Waals surface area contributed by atoms with E-state index in [-0.39, 0.29) is 0 Å². The van der Waals surface area contributed by atoms with Crippen LogP contribution in [0.25, 0.3) is 0 Å². The largest absolute Gasteiger partial charge is 0.326 e. The summed E-state index contributed by atoms with van der Waals surface area (Å²) in [6, 6.07) is 3.47. The van der Waals surface area contributed by atoms with E-state index >= 15 is 0 Å².